The minimum Gasteiger partial charge on any atom is -0.335 e. The van der Waals surface area contributed by atoms with Crippen molar-refractivity contribution in [3.63, 3.8) is 0 Å². The number of aromatic nitrogens is 1. The van der Waals surface area contributed by atoms with E-state index in [-0.39, 0.29) is 11.8 Å². The quantitative estimate of drug-likeness (QED) is 0.755. The highest BCUT2D eigenvalue weighted by Gasteiger charge is 2.34. The van der Waals surface area contributed by atoms with Crippen LogP contribution in [0.4, 0.5) is 0 Å². The van der Waals surface area contributed by atoms with E-state index in [9.17, 15) is 4.79 Å². The molecule has 0 aliphatic heterocycles. The SMILES string of the molecule is CC(CCl)C(=O)N(Cc1cccnc1)C1CC1. The molecule has 1 unspecified atom stereocenters. The van der Waals surface area contributed by atoms with E-state index in [1.807, 2.05) is 30.2 Å². The summed E-state index contributed by atoms with van der Waals surface area (Å²) in [6, 6.07) is 4.31. The molecule has 0 radical (unpaired) electrons. The molecule has 1 aromatic heterocycles. The van der Waals surface area contributed by atoms with Gasteiger partial charge >= 0.3 is 0 Å². The summed E-state index contributed by atoms with van der Waals surface area (Å²) in [5, 5.41) is 0. The Bertz CT molecular complexity index is 378. The Morgan fingerprint density at radius 3 is 2.94 bits per heavy atom. The number of hydrogen-bond donors (Lipinski definition) is 0. The summed E-state index contributed by atoms with van der Waals surface area (Å²) in [6.45, 7) is 2.53. The fraction of sp³-hybridized carbons (Fsp3) is 0.538. The molecule has 1 saturated carbocycles. The third kappa shape index (κ3) is 3.19. The second kappa shape index (κ2) is 5.50. The smallest absolute Gasteiger partial charge is 0.227 e. The largest absolute Gasteiger partial charge is 0.335 e. The fourth-order valence-corrected chi connectivity index (χ4v) is 1.94. The molecule has 17 heavy (non-hydrogen) atoms. The van der Waals surface area contributed by atoms with Gasteiger partial charge in [-0.3, -0.25) is 9.78 Å². The summed E-state index contributed by atoms with van der Waals surface area (Å²) >= 11 is 5.76. The Labute approximate surface area is 107 Å². The van der Waals surface area contributed by atoms with Crippen LogP contribution in [0.25, 0.3) is 0 Å². The van der Waals surface area contributed by atoms with E-state index in [0.717, 1.165) is 18.4 Å². The van der Waals surface area contributed by atoms with E-state index in [2.05, 4.69) is 4.98 Å². The highest BCUT2D eigenvalue weighted by molar-refractivity contribution is 6.19. The van der Waals surface area contributed by atoms with E-state index in [0.29, 0.717) is 18.5 Å². The first kappa shape index (κ1) is 12.4. The zero-order valence-electron chi connectivity index (χ0n) is 9.97. The summed E-state index contributed by atoms with van der Waals surface area (Å²) in [4.78, 5) is 18.2. The van der Waals surface area contributed by atoms with Crippen molar-refractivity contribution in [2.24, 2.45) is 5.92 Å². The van der Waals surface area contributed by atoms with Crippen LogP contribution in [0.15, 0.2) is 24.5 Å². The number of halogens is 1. The van der Waals surface area contributed by atoms with E-state index in [4.69, 9.17) is 11.6 Å². The summed E-state index contributed by atoms with van der Waals surface area (Å²) in [7, 11) is 0. The van der Waals surface area contributed by atoms with Gasteiger partial charge in [0.15, 0.2) is 0 Å². The molecule has 1 aliphatic carbocycles. The number of alkyl halides is 1. The zero-order chi connectivity index (χ0) is 12.3. The lowest BCUT2D eigenvalue weighted by Gasteiger charge is -2.25. The van der Waals surface area contributed by atoms with Gasteiger partial charge in [-0.1, -0.05) is 13.0 Å². The van der Waals surface area contributed by atoms with Crippen LogP contribution in [0.5, 0.6) is 0 Å². The molecule has 2 rings (SSSR count). The molecule has 0 aromatic carbocycles. The molecule has 1 amide bonds. The normalized spacial score (nSPS) is 16.6. The first-order chi connectivity index (χ1) is 8.22. The van der Waals surface area contributed by atoms with Crippen LogP contribution >= 0.6 is 11.6 Å². The van der Waals surface area contributed by atoms with Gasteiger partial charge in [0.25, 0.3) is 0 Å². The summed E-state index contributed by atoms with van der Waals surface area (Å²) < 4.78 is 0. The van der Waals surface area contributed by atoms with Crippen molar-refractivity contribution in [3.05, 3.63) is 30.1 Å². The molecule has 1 atom stereocenters. The lowest BCUT2D eigenvalue weighted by Crippen LogP contribution is -2.37. The Balaban J connectivity index is 2.05. The Hall–Kier alpha value is -1.09. The van der Waals surface area contributed by atoms with Gasteiger partial charge in [-0.05, 0) is 24.5 Å². The van der Waals surface area contributed by atoms with E-state index in [1.54, 1.807) is 6.20 Å². The number of rotatable bonds is 5. The molecule has 0 saturated heterocycles. The standard InChI is InChI=1S/C13H17ClN2O/c1-10(7-14)13(17)16(12-4-5-12)9-11-3-2-6-15-8-11/h2-3,6,8,10,12H,4-5,7,9H2,1H3. The second-order valence-electron chi connectivity index (χ2n) is 4.61. The van der Waals surface area contributed by atoms with Crippen molar-refractivity contribution in [2.45, 2.75) is 32.4 Å². The molecule has 4 heteroatoms. The minimum atomic E-state index is -0.103. The molecule has 0 spiro atoms. The molecular weight excluding hydrogens is 236 g/mol. The lowest BCUT2D eigenvalue weighted by molar-refractivity contribution is -0.135. The van der Waals surface area contributed by atoms with E-state index >= 15 is 0 Å². The number of pyridine rings is 1. The maximum absolute atomic E-state index is 12.2. The Morgan fingerprint density at radius 2 is 2.41 bits per heavy atom. The average Bonchev–Trinajstić information content (AvgIpc) is 3.19. The number of carbonyl (C=O) groups excluding carboxylic acids is 1. The van der Waals surface area contributed by atoms with Gasteiger partial charge in [-0.25, -0.2) is 0 Å². The van der Waals surface area contributed by atoms with Crippen LogP contribution in [0.3, 0.4) is 0 Å². The summed E-state index contributed by atoms with van der Waals surface area (Å²) in [5.74, 6) is 0.440. The van der Waals surface area contributed by atoms with Crippen molar-refractivity contribution in [3.8, 4) is 0 Å². The second-order valence-corrected chi connectivity index (χ2v) is 4.92. The van der Waals surface area contributed by atoms with E-state index in [1.165, 1.54) is 0 Å². The van der Waals surface area contributed by atoms with Gasteiger partial charge in [0.1, 0.15) is 0 Å². The number of hydrogen-bond acceptors (Lipinski definition) is 2. The number of carbonyl (C=O) groups is 1. The monoisotopic (exact) mass is 252 g/mol. The van der Waals surface area contributed by atoms with Crippen LogP contribution < -0.4 is 0 Å². The highest BCUT2D eigenvalue weighted by atomic mass is 35.5. The summed E-state index contributed by atoms with van der Waals surface area (Å²) in [5.41, 5.74) is 1.08. The van der Waals surface area contributed by atoms with Crippen molar-refractivity contribution < 1.29 is 4.79 Å². The topological polar surface area (TPSA) is 33.2 Å². The van der Waals surface area contributed by atoms with Gasteiger partial charge in [-0.2, -0.15) is 0 Å². The zero-order valence-corrected chi connectivity index (χ0v) is 10.7. The third-order valence-corrected chi connectivity index (χ3v) is 3.46. The van der Waals surface area contributed by atoms with Gasteiger partial charge < -0.3 is 4.90 Å². The maximum atomic E-state index is 12.2. The van der Waals surface area contributed by atoms with Gasteiger partial charge in [0.2, 0.25) is 5.91 Å². The molecule has 1 heterocycles. The predicted molar refractivity (Wildman–Crippen MR) is 67.7 cm³/mol. The first-order valence-electron chi connectivity index (χ1n) is 5.97. The number of nitrogens with zero attached hydrogens (tertiary/aromatic N) is 2. The molecule has 0 N–H and O–H groups in total. The molecule has 1 aliphatic rings. The molecule has 92 valence electrons. The summed E-state index contributed by atoms with van der Waals surface area (Å²) in [6.07, 6.45) is 5.78. The fourth-order valence-electron chi connectivity index (χ4n) is 1.81. The Kier molecular flexibility index (Phi) is 4.00. The van der Waals surface area contributed by atoms with E-state index < -0.39 is 0 Å². The predicted octanol–water partition coefficient (Wildman–Crippen LogP) is 2.45. The maximum Gasteiger partial charge on any atom is 0.227 e. The Morgan fingerprint density at radius 1 is 1.65 bits per heavy atom. The van der Waals surface area contributed by atoms with Crippen LogP contribution in [0.2, 0.25) is 0 Å². The molecule has 0 bridgehead atoms. The number of amides is 1. The van der Waals surface area contributed by atoms with Crippen molar-refractivity contribution in [1.82, 2.24) is 9.88 Å². The van der Waals surface area contributed by atoms with Crippen molar-refractivity contribution in [2.75, 3.05) is 5.88 Å². The molecule has 1 fully saturated rings. The van der Waals surface area contributed by atoms with Crippen molar-refractivity contribution >= 4 is 17.5 Å². The van der Waals surface area contributed by atoms with Gasteiger partial charge in [0.05, 0.1) is 0 Å². The molecule has 3 nitrogen and oxygen atoms in total. The lowest BCUT2D eigenvalue weighted by atomic mass is 10.1. The first-order valence-corrected chi connectivity index (χ1v) is 6.51. The van der Waals surface area contributed by atoms with Gasteiger partial charge in [0, 0.05) is 36.8 Å². The molecular formula is C13H17ClN2O. The van der Waals surface area contributed by atoms with Crippen LogP contribution in [0, 0.1) is 5.92 Å². The van der Waals surface area contributed by atoms with Crippen LogP contribution in [-0.2, 0) is 11.3 Å². The average molecular weight is 253 g/mol. The molecule has 1 aromatic rings. The minimum absolute atomic E-state index is 0.103. The third-order valence-electron chi connectivity index (χ3n) is 3.00. The van der Waals surface area contributed by atoms with Crippen LogP contribution in [-0.4, -0.2) is 27.7 Å². The highest BCUT2D eigenvalue weighted by Crippen LogP contribution is 2.29. The van der Waals surface area contributed by atoms with Gasteiger partial charge in [-0.15, -0.1) is 11.6 Å². The van der Waals surface area contributed by atoms with Crippen LogP contribution in [0.1, 0.15) is 25.3 Å². The van der Waals surface area contributed by atoms with Crippen molar-refractivity contribution in [1.29, 1.82) is 0 Å².